The maximum atomic E-state index is 12.6. The molecule has 6 heteroatoms. The van der Waals surface area contributed by atoms with E-state index in [-0.39, 0.29) is 11.9 Å². The Morgan fingerprint density at radius 1 is 1.03 bits per heavy atom. The molecule has 162 valence electrons. The van der Waals surface area contributed by atoms with E-state index in [1.807, 2.05) is 31.2 Å². The third-order valence-electron chi connectivity index (χ3n) is 6.01. The second-order valence-corrected chi connectivity index (χ2v) is 9.42. The molecule has 4 rings (SSSR count). The van der Waals surface area contributed by atoms with Gasteiger partial charge < -0.3 is 15.5 Å². The van der Waals surface area contributed by atoms with Crippen molar-refractivity contribution >= 4 is 44.2 Å². The highest BCUT2D eigenvalue weighted by molar-refractivity contribution is 9.10. The number of hydrogen-bond donors (Lipinski definition) is 2. The summed E-state index contributed by atoms with van der Waals surface area (Å²) >= 11 is 3.49. The number of pyridine rings is 1. The molecule has 0 radical (unpaired) electrons. The van der Waals surface area contributed by atoms with E-state index < -0.39 is 0 Å². The molecule has 0 unspecified atom stereocenters. The molecule has 1 heterocycles. The summed E-state index contributed by atoms with van der Waals surface area (Å²) in [5, 5.41) is 8.00. The molecule has 0 spiro atoms. The summed E-state index contributed by atoms with van der Waals surface area (Å²) in [7, 11) is 4.12. The van der Waals surface area contributed by atoms with Crippen LogP contribution in [0.3, 0.4) is 0 Å². The molecule has 5 nitrogen and oxygen atoms in total. The highest BCUT2D eigenvalue weighted by Gasteiger charge is 2.23. The molecule has 3 aromatic rings. The Kier molecular flexibility index (Phi) is 6.46. The summed E-state index contributed by atoms with van der Waals surface area (Å²) in [6.45, 7) is 2.00. The Labute approximate surface area is 192 Å². The van der Waals surface area contributed by atoms with Crippen molar-refractivity contribution in [1.82, 2.24) is 10.3 Å². The lowest BCUT2D eigenvalue weighted by Crippen LogP contribution is -2.40. The lowest BCUT2D eigenvalue weighted by Gasteiger charge is -2.30. The molecule has 0 saturated heterocycles. The van der Waals surface area contributed by atoms with Gasteiger partial charge in [0.15, 0.2) is 0 Å². The molecular formula is C25H29BrN4O. The maximum Gasteiger partial charge on any atom is 0.251 e. The first-order valence-electron chi connectivity index (χ1n) is 10.8. The Morgan fingerprint density at radius 2 is 1.74 bits per heavy atom. The summed E-state index contributed by atoms with van der Waals surface area (Å²) in [4.78, 5) is 19.6. The second kappa shape index (κ2) is 9.27. The zero-order valence-corrected chi connectivity index (χ0v) is 19.9. The van der Waals surface area contributed by atoms with Crippen molar-refractivity contribution in [3.8, 4) is 0 Å². The molecule has 1 fully saturated rings. The Morgan fingerprint density at radius 3 is 2.45 bits per heavy atom. The largest absolute Gasteiger partial charge is 0.377 e. The number of carbonyl (C=O) groups excluding carboxylic acids is 1. The van der Waals surface area contributed by atoms with Gasteiger partial charge >= 0.3 is 0 Å². The third kappa shape index (κ3) is 5.01. The van der Waals surface area contributed by atoms with Gasteiger partial charge in [0.1, 0.15) is 5.82 Å². The first-order chi connectivity index (χ1) is 14.9. The number of carbonyl (C=O) groups is 1. The van der Waals surface area contributed by atoms with E-state index in [0.29, 0.717) is 6.04 Å². The number of aromatic nitrogens is 1. The van der Waals surface area contributed by atoms with Crippen LogP contribution in [0.2, 0.25) is 0 Å². The topological polar surface area (TPSA) is 57.3 Å². The lowest BCUT2D eigenvalue weighted by atomic mass is 9.91. The van der Waals surface area contributed by atoms with Crippen molar-refractivity contribution in [3.05, 3.63) is 64.1 Å². The van der Waals surface area contributed by atoms with Crippen molar-refractivity contribution in [2.24, 2.45) is 0 Å². The van der Waals surface area contributed by atoms with Crippen LogP contribution in [-0.2, 0) is 0 Å². The number of anilines is 2. The van der Waals surface area contributed by atoms with Gasteiger partial charge in [-0.2, -0.15) is 0 Å². The standard InChI is InChI=1S/C25H29BrN4O/c1-16-14-17(8-13-21(16)26)25(31)28-19-11-9-18(10-12-19)27-24-15-23(30(2)3)20-6-4-5-7-22(20)29-24/h4-8,13-15,18-19H,9-12H2,1-3H3,(H,27,29)(H,28,31). The van der Waals surface area contributed by atoms with Crippen molar-refractivity contribution in [2.45, 2.75) is 44.7 Å². The van der Waals surface area contributed by atoms with Crippen LogP contribution in [0.15, 0.2) is 53.0 Å². The van der Waals surface area contributed by atoms with Crippen LogP contribution >= 0.6 is 15.9 Å². The van der Waals surface area contributed by atoms with Crippen LogP contribution in [0, 0.1) is 6.92 Å². The molecule has 2 aromatic carbocycles. The number of para-hydroxylation sites is 1. The lowest BCUT2D eigenvalue weighted by molar-refractivity contribution is 0.0926. The van der Waals surface area contributed by atoms with Crippen molar-refractivity contribution in [1.29, 1.82) is 0 Å². The van der Waals surface area contributed by atoms with Gasteiger partial charge in [0.25, 0.3) is 5.91 Å². The number of benzene rings is 2. The quantitative estimate of drug-likeness (QED) is 0.504. The fraction of sp³-hybridized carbons (Fsp3) is 0.360. The number of amides is 1. The van der Waals surface area contributed by atoms with E-state index in [1.54, 1.807) is 0 Å². The third-order valence-corrected chi connectivity index (χ3v) is 6.90. The second-order valence-electron chi connectivity index (χ2n) is 8.57. The van der Waals surface area contributed by atoms with E-state index in [4.69, 9.17) is 4.98 Å². The molecule has 1 amide bonds. The number of nitrogens with one attached hydrogen (secondary N) is 2. The molecule has 31 heavy (non-hydrogen) atoms. The van der Waals surface area contributed by atoms with Gasteiger partial charge in [-0.1, -0.05) is 34.1 Å². The summed E-state index contributed by atoms with van der Waals surface area (Å²) in [6, 6.07) is 16.7. The molecule has 1 aliphatic rings. The molecule has 2 N–H and O–H groups in total. The van der Waals surface area contributed by atoms with Crippen molar-refractivity contribution < 1.29 is 4.79 Å². The van der Waals surface area contributed by atoms with Gasteiger partial charge in [-0.3, -0.25) is 4.79 Å². The zero-order chi connectivity index (χ0) is 22.0. The number of halogens is 1. The minimum Gasteiger partial charge on any atom is -0.377 e. The van der Waals surface area contributed by atoms with Crippen LogP contribution in [0.4, 0.5) is 11.5 Å². The molecule has 0 aliphatic heterocycles. The van der Waals surface area contributed by atoms with Crippen LogP contribution in [0.25, 0.3) is 10.9 Å². The summed E-state index contributed by atoms with van der Waals surface area (Å²) in [5.74, 6) is 0.930. The molecule has 1 saturated carbocycles. The molecular weight excluding hydrogens is 452 g/mol. The fourth-order valence-corrected chi connectivity index (χ4v) is 4.49. The number of fused-ring (bicyclic) bond motifs is 1. The van der Waals surface area contributed by atoms with E-state index in [9.17, 15) is 4.79 Å². The summed E-state index contributed by atoms with van der Waals surface area (Å²) in [5.41, 5.74) is 3.96. The van der Waals surface area contributed by atoms with Gasteiger partial charge in [-0.25, -0.2) is 4.98 Å². The Hall–Kier alpha value is -2.60. The molecule has 1 aliphatic carbocycles. The highest BCUT2D eigenvalue weighted by Crippen LogP contribution is 2.29. The predicted molar refractivity (Wildman–Crippen MR) is 132 cm³/mol. The van der Waals surface area contributed by atoms with Gasteiger partial charge in [0.05, 0.1) is 5.52 Å². The average Bonchev–Trinajstić information content (AvgIpc) is 2.76. The minimum atomic E-state index is 0.0128. The number of hydrogen-bond acceptors (Lipinski definition) is 4. The maximum absolute atomic E-state index is 12.6. The number of nitrogens with zero attached hydrogens (tertiary/aromatic N) is 2. The van der Waals surface area contributed by atoms with Gasteiger partial charge in [0.2, 0.25) is 0 Å². The average molecular weight is 481 g/mol. The first kappa shape index (κ1) is 21.6. The van der Waals surface area contributed by atoms with E-state index in [2.05, 4.69) is 69.8 Å². The Balaban J connectivity index is 1.37. The smallest absolute Gasteiger partial charge is 0.251 e. The van der Waals surface area contributed by atoms with Crippen LogP contribution in [0.1, 0.15) is 41.6 Å². The monoisotopic (exact) mass is 480 g/mol. The highest BCUT2D eigenvalue weighted by atomic mass is 79.9. The van der Waals surface area contributed by atoms with E-state index in [1.165, 1.54) is 5.69 Å². The first-order valence-corrected chi connectivity index (χ1v) is 11.6. The predicted octanol–water partition coefficient (Wildman–Crippen LogP) is 5.52. The summed E-state index contributed by atoms with van der Waals surface area (Å²) in [6.07, 6.45) is 3.95. The van der Waals surface area contributed by atoms with Crippen LogP contribution in [-0.4, -0.2) is 37.1 Å². The SMILES string of the molecule is Cc1cc(C(=O)NC2CCC(Nc3cc(N(C)C)c4ccccc4n3)CC2)ccc1Br. The van der Waals surface area contributed by atoms with E-state index in [0.717, 1.165) is 58.0 Å². The van der Waals surface area contributed by atoms with Crippen molar-refractivity contribution in [2.75, 3.05) is 24.3 Å². The number of aryl methyl sites for hydroxylation is 1. The van der Waals surface area contributed by atoms with Crippen molar-refractivity contribution in [3.63, 3.8) is 0 Å². The fourth-order valence-electron chi connectivity index (χ4n) is 4.25. The van der Waals surface area contributed by atoms with Gasteiger partial charge in [-0.15, -0.1) is 0 Å². The molecule has 0 bridgehead atoms. The zero-order valence-electron chi connectivity index (χ0n) is 18.3. The van der Waals surface area contributed by atoms with Crippen LogP contribution < -0.4 is 15.5 Å². The Bertz CT molecular complexity index is 1090. The summed E-state index contributed by atoms with van der Waals surface area (Å²) < 4.78 is 1.02. The minimum absolute atomic E-state index is 0.0128. The number of rotatable bonds is 5. The van der Waals surface area contributed by atoms with Gasteiger partial charge in [0, 0.05) is 53.4 Å². The van der Waals surface area contributed by atoms with E-state index >= 15 is 0 Å². The molecule has 0 atom stereocenters. The molecule has 1 aromatic heterocycles. The van der Waals surface area contributed by atoms with Gasteiger partial charge in [-0.05, 0) is 62.4 Å². The normalized spacial score (nSPS) is 18.6. The van der Waals surface area contributed by atoms with Crippen LogP contribution in [0.5, 0.6) is 0 Å².